The number of aryl methyl sites for hydroxylation is 1. The molecule has 3 rings (SSSR count). The van der Waals surface area contributed by atoms with Gasteiger partial charge in [0.1, 0.15) is 5.76 Å². The molecule has 0 spiro atoms. The Morgan fingerprint density at radius 1 is 1.32 bits per heavy atom. The maximum Gasteiger partial charge on any atom is 0.227 e. The fraction of sp³-hybridized carbons (Fsp3) is 0.412. The molecule has 2 heterocycles. The normalized spacial score (nSPS) is 15.8. The molecule has 0 unspecified atom stereocenters. The highest BCUT2D eigenvalue weighted by molar-refractivity contribution is 5.78. The van der Waals surface area contributed by atoms with Crippen LogP contribution < -0.4 is 10.2 Å². The Hall–Kier alpha value is -2.30. The number of rotatable bonds is 4. The molecular formula is C17H21N3O2. The lowest BCUT2D eigenvalue weighted by molar-refractivity contribution is -0.121. The Balaban J connectivity index is 1.46. The zero-order chi connectivity index (χ0) is 15.4. The summed E-state index contributed by atoms with van der Waals surface area (Å²) in [6.45, 7) is 3.79. The van der Waals surface area contributed by atoms with Gasteiger partial charge in [-0.15, -0.1) is 0 Å². The number of hydrogen-bond acceptors (Lipinski definition) is 4. The van der Waals surface area contributed by atoms with E-state index in [9.17, 15) is 4.79 Å². The highest BCUT2D eigenvalue weighted by Gasteiger charge is 2.21. The van der Waals surface area contributed by atoms with Crippen molar-refractivity contribution in [2.45, 2.75) is 32.2 Å². The maximum absolute atomic E-state index is 12.0. The molecule has 1 amide bonds. The lowest BCUT2D eigenvalue weighted by atomic mass is 10.0. The van der Waals surface area contributed by atoms with Crippen molar-refractivity contribution >= 4 is 11.6 Å². The van der Waals surface area contributed by atoms with Crippen molar-refractivity contribution in [3.63, 3.8) is 0 Å². The van der Waals surface area contributed by atoms with Crippen LogP contribution in [0.4, 0.5) is 5.69 Å². The van der Waals surface area contributed by atoms with E-state index in [1.165, 1.54) is 5.69 Å². The van der Waals surface area contributed by atoms with Gasteiger partial charge in [-0.2, -0.15) is 0 Å². The summed E-state index contributed by atoms with van der Waals surface area (Å²) >= 11 is 0. The predicted molar refractivity (Wildman–Crippen MR) is 84.8 cm³/mol. The summed E-state index contributed by atoms with van der Waals surface area (Å²) in [7, 11) is 0. The lowest BCUT2D eigenvalue weighted by Crippen LogP contribution is -2.45. The molecule has 1 fully saturated rings. The third-order valence-electron chi connectivity index (χ3n) is 3.99. The molecule has 5 nitrogen and oxygen atoms in total. The molecule has 1 aromatic carbocycles. The van der Waals surface area contributed by atoms with E-state index in [-0.39, 0.29) is 18.4 Å². The summed E-state index contributed by atoms with van der Waals surface area (Å²) in [5.74, 6) is 0.631. The number of nitrogens with one attached hydrogen (secondary N) is 1. The highest BCUT2D eigenvalue weighted by Crippen LogP contribution is 2.19. The lowest BCUT2D eigenvalue weighted by Gasteiger charge is -2.33. The first kappa shape index (κ1) is 14.6. The van der Waals surface area contributed by atoms with Crippen LogP contribution in [0.2, 0.25) is 0 Å². The Morgan fingerprint density at radius 3 is 2.68 bits per heavy atom. The van der Waals surface area contributed by atoms with Crippen LogP contribution in [-0.4, -0.2) is 30.2 Å². The number of benzene rings is 1. The fourth-order valence-electron chi connectivity index (χ4n) is 2.86. The van der Waals surface area contributed by atoms with Crippen LogP contribution in [0.25, 0.3) is 0 Å². The van der Waals surface area contributed by atoms with Crippen LogP contribution in [-0.2, 0) is 11.2 Å². The average Bonchev–Trinajstić information content (AvgIpc) is 2.94. The molecule has 1 aromatic heterocycles. The van der Waals surface area contributed by atoms with Crippen LogP contribution in [0.3, 0.4) is 0 Å². The Morgan fingerprint density at radius 2 is 2.05 bits per heavy atom. The largest absolute Gasteiger partial charge is 0.371 e. The molecule has 0 saturated carbocycles. The van der Waals surface area contributed by atoms with E-state index < -0.39 is 0 Å². The van der Waals surface area contributed by atoms with Gasteiger partial charge >= 0.3 is 0 Å². The van der Waals surface area contributed by atoms with Crippen LogP contribution in [0, 0.1) is 6.92 Å². The van der Waals surface area contributed by atoms with Crippen LogP contribution >= 0.6 is 0 Å². The van der Waals surface area contributed by atoms with Gasteiger partial charge in [-0.25, -0.2) is 0 Å². The van der Waals surface area contributed by atoms with Gasteiger partial charge in [-0.3, -0.25) is 4.79 Å². The maximum atomic E-state index is 12.0. The van der Waals surface area contributed by atoms with E-state index in [1.54, 1.807) is 6.07 Å². The minimum atomic E-state index is 0.00862. The molecule has 116 valence electrons. The highest BCUT2D eigenvalue weighted by atomic mass is 16.5. The van der Waals surface area contributed by atoms with Gasteiger partial charge in [-0.05, 0) is 31.9 Å². The van der Waals surface area contributed by atoms with Gasteiger partial charge < -0.3 is 14.7 Å². The van der Waals surface area contributed by atoms with Crippen molar-refractivity contribution in [2.24, 2.45) is 0 Å². The number of carbonyl (C=O) groups is 1. The summed E-state index contributed by atoms with van der Waals surface area (Å²) < 4.78 is 5.08. The van der Waals surface area contributed by atoms with E-state index in [0.717, 1.165) is 31.6 Å². The number of aromatic nitrogens is 1. The number of anilines is 1. The van der Waals surface area contributed by atoms with Gasteiger partial charge in [0.2, 0.25) is 5.91 Å². The molecule has 1 aliphatic heterocycles. The van der Waals surface area contributed by atoms with E-state index in [4.69, 9.17) is 4.52 Å². The first-order valence-electron chi connectivity index (χ1n) is 7.72. The number of piperidine rings is 1. The summed E-state index contributed by atoms with van der Waals surface area (Å²) in [6, 6.07) is 12.5. The summed E-state index contributed by atoms with van der Waals surface area (Å²) in [5, 5.41) is 6.89. The molecule has 1 saturated heterocycles. The number of carbonyl (C=O) groups excluding carboxylic acids is 1. The zero-order valence-electron chi connectivity index (χ0n) is 12.8. The van der Waals surface area contributed by atoms with Crippen molar-refractivity contribution in [1.29, 1.82) is 0 Å². The third kappa shape index (κ3) is 3.67. The minimum Gasteiger partial charge on any atom is -0.371 e. The SMILES string of the molecule is Cc1cc(CC(=O)NC2CCN(c3ccccc3)CC2)on1. The second-order valence-corrected chi connectivity index (χ2v) is 5.78. The van der Waals surface area contributed by atoms with Gasteiger partial charge in [0.05, 0.1) is 12.1 Å². The van der Waals surface area contributed by atoms with Gasteiger partial charge in [0.15, 0.2) is 0 Å². The average molecular weight is 299 g/mol. The Kier molecular flexibility index (Phi) is 4.42. The van der Waals surface area contributed by atoms with Crippen molar-refractivity contribution in [3.8, 4) is 0 Å². The molecule has 0 bridgehead atoms. The van der Waals surface area contributed by atoms with Crippen LogP contribution in [0.15, 0.2) is 40.9 Å². The molecule has 0 atom stereocenters. The topological polar surface area (TPSA) is 58.4 Å². The van der Waals surface area contributed by atoms with E-state index in [2.05, 4.69) is 39.6 Å². The van der Waals surface area contributed by atoms with Gasteiger partial charge in [0, 0.05) is 30.9 Å². The smallest absolute Gasteiger partial charge is 0.227 e. The molecule has 1 N–H and O–H groups in total. The first-order valence-corrected chi connectivity index (χ1v) is 7.72. The second-order valence-electron chi connectivity index (χ2n) is 5.78. The molecule has 22 heavy (non-hydrogen) atoms. The molecular weight excluding hydrogens is 278 g/mol. The van der Waals surface area contributed by atoms with Crippen LogP contribution in [0.5, 0.6) is 0 Å². The second kappa shape index (κ2) is 6.64. The van der Waals surface area contributed by atoms with E-state index in [1.807, 2.05) is 13.0 Å². The summed E-state index contributed by atoms with van der Waals surface area (Å²) in [5.41, 5.74) is 2.06. The fourth-order valence-corrected chi connectivity index (χ4v) is 2.86. The Bertz CT molecular complexity index is 616. The standard InChI is InChI=1S/C17H21N3O2/c1-13-11-16(22-19-13)12-17(21)18-14-7-9-20(10-8-14)15-5-3-2-4-6-15/h2-6,11,14H,7-10,12H2,1H3,(H,18,21). The molecule has 0 aliphatic carbocycles. The van der Waals surface area contributed by atoms with E-state index >= 15 is 0 Å². The first-order chi connectivity index (χ1) is 10.7. The van der Waals surface area contributed by atoms with Gasteiger partial charge in [-0.1, -0.05) is 23.4 Å². The van der Waals surface area contributed by atoms with E-state index in [0.29, 0.717) is 5.76 Å². The minimum absolute atomic E-state index is 0.00862. The molecule has 5 heteroatoms. The predicted octanol–water partition coefficient (Wildman–Crippen LogP) is 2.31. The summed E-state index contributed by atoms with van der Waals surface area (Å²) in [6.07, 6.45) is 2.20. The van der Waals surface area contributed by atoms with Crippen molar-refractivity contribution in [3.05, 3.63) is 47.9 Å². The number of para-hydroxylation sites is 1. The molecule has 2 aromatic rings. The number of amides is 1. The summed E-state index contributed by atoms with van der Waals surface area (Å²) in [4.78, 5) is 14.4. The Labute approximate surface area is 130 Å². The number of nitrogens with zero attached hydrogens (tertiary/aromatic N) is 2. The number of hydrogen-bond donors (Lipinski definition) is 1. The van der Waals surface area contributed by atoms with Gasteiger partial charge in [0.25, 0.3) is 0 Å². The molecule has 0 radical (unpaired) electrons. The van der Waals surface area contributed by atoms with Crippen molar-refractivity contribution in [2.75, 3.05) is 18.0 Å². The zero-order valence-corrected chi connectivity index (χ0v) is 12.8. The quantitative estimate of drug-likeness (QED) is 0.941. The van der Waals surface area contributed by atoms with Crippen molar-refractivity contribution in [1.82, 2.24) is 10.5 Å². The van der Waals surface area contributed by atoms with Crippen molar-refractivity contribution < 1.29 is 9.32 Å². The van der Waals surface area contributed by atoms with Crippen LogP contribution in [0.1, 0.15) is 24.3 Å². The molecule has 1 aliphatic rings. The third-order valence-corrected chi connectivity index (χ3v) is 3.99. The monoisotopic (exact) mass is 299 g/mol.